The van der Waals surface area contributed by atoms with Crippen LogP contribution in [0, 0.1) is 0 Å². The van der Waals surface area contributed by atoms with Gasteiger partial charge in [0.1, 0.15) is 5.75 Å². The van der Waals surface area contributed by atoms with E-state index in [9.17, 15) is 4.79 Å². The molecule has 1 fully saturated rings. The molecule has 0 saturated carbocycles. The van der Waals surface area contributed by atoms with Crippen molar-refractivity contribution in [1.29, 1.82) is 0 Å². The fourth-order valence-corrected chi connectivity index (χ4v) is 2.49. The second-order valence-corrected chi connectivity index (χ2v) is 5.72. The quantitative estimate of drug-likeness (QED) is 0.902. The molecule has 0 radical (unpaired) electrons. The van der Waals surface area contributed by atoms with Gasteiger partial charge < -0.3 is 19.9 Å². The number of ether oxygens (including phenoxy) is 1. The van der Waals surface area contributed by atoms with Crippen LogP contribution in [-0.4, -0.2) is 62.6 Å². The third kappa shape index (κ3) is 4.88. The number of anilines is 1. The largest absolute Gasteiger partial charge is 0.495 e. The molecule has 1 aromatic carbocycles. The van der Waals surface area contributed by atoms with Gasteiger partial charge in [0.25, 0.3) is 0 Å². The van der Waals surface area contributed by atoms with Crippen LogP contribution in [0.3, 0.4) is 0 Å². The highest BCUT2D eigenvalue weighted by atomic mass is 35.5. The minimum Gasteiger partial charge on any atom is -0.495 e. The molecular formula is C15H22ClN3O2. The van der Waals surface area contributed by atoms with E-state index in [1.165, 1.54) is 0 Å². The summed E-state index contributed by atoms with van der Waals surface area (Å²) in [6.45, 7) is 4.94. The Bertz CT molecular complexity index is 488. The normalized spacial score (nSPS) is 16.7. The molecule has 1 aliphatic rings. The monoisotopic (exact) mass is 311 g/mol. The van der Waals surface area contributed by atoms with E-state index in [1.807, 2.05) is 0 Å². The maximum absolute atomic E-state index is 12.1. The van der Waals surface area contributed by atoms with E-state index in [2.05, 4.69) is 22.2 Å². The van der Waals surface area contributed by atoms with E-state index in [4.69, 9.17) is 16.3 Å². The van der Waals surface area contributed by atoms with E-state index >= 15 is 0 Å². The Morgan fingerprint density at radius 1 is 1.33 bits per heavy atom. The first-order valence-electron chi connectivity index (χ1n) is 7.13. The molecule has 21 heavy (non-hydrogen) atoms. The summed E-state index contributed by atoms with van der Waals surface area (Å²) in [7, 11) is 3.69. The molecule has 0 aromatic heterocycles. The van der Waals surface area contributed by atoms with Crippen molar-refractivity contribution in [1.82, 2.24) is 9.80 Å². The summed E-state index contributed by atoms with van der Waals surface area (Å²) in [5.74, 6) is 0.599. The number of amides is 1. The number of nitrogens with one attached hydrogen (secondary N) is 1. The van der Waals surface area contributed by atoms with Gasteiger partial charge in [-0.25, -0.2) is 0 Å². The summed E-state index contributed by atoms with van der Waals surface area (Å²) in [6.07, 6.45) is 0.472. The predicted octanol–water partition coefficient (Wildman–Crippen LogP) is 1.92. The molecule has 0 atom stereocenters. The molecule has 1 aromatic rings. The molecule has 0 spiro atoms. The molecule has 1 amide bonds. The van der Waals surface area contributed by atoms with Gasteiger partial charge in [0.05, 0.1) is 12.8 Å². The summed E-state index contributed by atoms with van der Waals surface area (Å²) in [5, 5.41) is 3.44. The van der Waals surface area contributed by atoms with E-state index < -0.39 is 0 Å². The molecule has 5 nitrogen and oxygen atoms in total. The van der Waals surface area contributed by atoms with Crippen LogP contribution in [0.5, 0.6) is 5.75 Å². The maximum Gasteiger partial charge on any atom is 0.225 e. The van der Waals surface area contributed by atoms with Crippen molar-refractivity contribution in [3.05, 3.63) is 23.2 Å². The van der Waals surface area contributed by atoms with Crippen molar-refractivity contribution in [3.63, 3.8) is 0 Å². The predicted molar refractivity (Wildman–Crippen MR) is 85.2 cm³/mol. The zero-order chi connectivity index (χ0) is 15.2. The Balaban J connectivity index is 1.83. The minimum atomic E-state index is -0.0190. The van der Waals surface area contributed by atoms with Crippen LogP contribution in [0.2, 0.25) is 5.02 Å². The van der Waals surface area contributed by atoms with Gasteiger partial charge in [0.2, 0.25) is 5.91 Å². The van der Waals surface area contributed by atoms with Crippen LogP contribution in [0.25, 0.3) is 0 Å². The lowest BCUT2D eigenvalue weighted by molar-refractivity contribution is -0.116. The fraction of sp³-hybridized carbons (Fsp3) is 0.533. The number of carbonyl (C=O) groups excluding carboxylic acids is 1. The molecule has 116 valence electrons. The van der Waals surface area contributed by atoms with E-state index in [0.29, 0.717) is 22.9 Å². The van der Waals surface area contributed by atoms with E-state index in [1.54, 1.807) is 25.3 Å². The van der Waals surface area contributed by atoms with Crippen LogP contribution < -0.4 is 10.1 Å². The number of benzene rings is 1. The van der Waals surface area contributed by atoms with Gasteiger partial charge in [-0.15, -0.1) is 0 Å². The molecule has 1 saturated heterocycles. The number of rotatable bonds is 5. The topological polar surface area (TPSA) is 44.8 Å². The molecular weight excluding hydrogens is 290 g/mol. The lowest BCUT2D eigenvalue weighted by atomic mass is 10.2. The number of hydrogen-bond acceptors (Lipinski definition) is 4. The molecule has 0 bridgehead atoms. The van der Waals surface area contributed by atoms with Gasteiger partial charge in [0, 0.05) is 44.2 Å². The smallest absolute Gasteiger partial charge is 0.225 e. The minimum absolute atomic E-state index is 0.0190. The van der Waals surface area contributed by atoms with Crippen LogP contribution in [0.15, 0.2) is 18.2 Å². The Morgan fingerprint density at radius 2 is 2.05 bits per heavy atom. The fourth-order valence-electron chi connectivity index (χ4n) is 2.32. The van der Waals surface area contributed by atoms with Crippen molar-refractivity contribution in [2.75, 3.05) is 52.2 Å². The maximum atomic E-state index is 12.1. The first-order chi connectivity index (χ1) is 10.1. The van der Waals surface area contributed by atoms with Crippen LogP contribution in [0.1, 0.15) is 6.42 Å². The van der Waals surface area contributed by atoms with Crippen molar-refractivity contribution in [3.8, 4) is 5.75 Å². The van der Waals surface area contributed by atoms with Crippen LogP contribution in [0.4, 0.5) is 5.69 Å². The van der Waals surface area contributed by atoms with Crippen molar-refractivity contribution in [2.24, 2.45) is 0 Å². The molecule has 6 heteroatoms. The first kappa shape index (κ1) is 16.1. The Labute approximate surface area is 130 Å². The highest BCUT2D eigenvalue weighted by Gasteiger charge is 2.15. The zero-order valence-corrected chi connectivity index (χ0v) is 13.3. The SMILES string of the molecule is COc1ccc(Cl)cc1NC(=O)CCN1CCN(C)CC1. The number of piperazine rings is 1. The molecule has 1 aliphatic heterocycles. The highest BCUT2D eigenvalue weighted by molar-refractivity contribution is 6.31. The van der Waals surface area contributed by atoms with Crippen molar-refractivity contribution < 1.29 is 9.53 Å². The number of hydrogen-bond donors (Lipinski definition) is 1. The Morgan fingerprint density at radius 3 is 2.71 bits per heavy atom. The van der Waals surface area contributed by atoms with Gasteiger partial charge in [-0.05, 0) is 25.2 Å². The Hall–Kier alpha value is -1.30. The third-order valence-electron chi connectivity index (χ3n) is 3.69. The first-order valence-corrected chi connectivity index (χ1v) is 7.50. The standard InChI is InChI=1S/C15H22ClN3O2/c1-18-7-9-19(10-8-18)6-5-15(20)17-13-11-12(16)3-4-14(13)21-2/h3-4,11H,5-10H2,1-2H3,(H,17,20). The molecule has 2 rings (SSSR count). The lowest BCUT2D eigenvalue weighted by Gasteiger charge is -2.32. The molecule has 1 heterocycles. The van der Waals surface area contributed by atoms with Gasteiger partial charge in [0.15, 0.2) is 0 Å². The molecule has 0 aliphatic carbocycles. The second-order valence-electron chi connectivity index (χ2n) is 5.29. The summed E-state index contributed by atoms with van der Waals surface area (Å²) < 4.78 is 5.22. The van der Waals surface area contributed by atoms with E-state index in [-0.39, 0.29) is 5.91 Å². The number of halogens is 1. The summed E-state index contributed by atoms with van der Waals surface area (Å²) in [5.41, 5.74) is 0.619. The number of methoxy groups -OCH3 is 1. The van der Waals surface area contributed by atoms with E-state index in [0.717, 1.165) is 32.7 Å². The highest BCUT2D eigenvalue weighted by Crippen LogP contribution is 2.27. The summed E-state index contributed by atoms with van der Waals surface area (Å²) in [6, 6.07) is 5.19. The van der Waals surface area contributed by atoms with Crippen molar-refractivity contribution >= 4 is 23.2 Å². The van der Waals surface area contributed by atoms with Gasteiger partial charge >= 0.3 is 0 Å². The number of carbonyl (C=O) groups is 1. The van der Waals surface area contributed by atoms with Gasteiger partial charge in [-0.2, -0.15) is 0 Å². The van der Waals surface area contributed by atoms with Crippen molar-refractivity contribution in [2.45, 2.75) is 6.42 Å². The van der Waals surface area contributed by atoms with Gasteiger partial charge in [-0.1, -0.05) is 11.6 Å². The zero-order valence-electron chi connectivity index (χ0n) is 12.6. The van der Waals surface area contributed by atoms with Crippen LogP contribution in [-0.2, 0) is 4.79 Å². The van der Waals surface area contributed by atoms with Gasteiger partial charge in [-0.3, -0.25) is 4.79 Å². The molecule has 1 N–H and O–H groups in total. The Kier molecular flexibility index (Phi) is 5.85. The summed E-state index contributed by atoms with van der Waals surface area (Å²) >= 11 is 5.95. The average Bonchev–Trinajstić information content (AvgIpc) is 2.47. The third-order valence-corrected chi connectivity index (χ3v) is 3.92. The molecule has 0 unspecified atom stereocenters. The summed E-state index contributed by atoms with van der Waals surface area (Å²) in [4.78, 5) is 16.7. The van der Waals surface area contributed by atoms with Crippen LogP contribution >= 0.6 is 11.6 Å². The second kappa shape index (κ2) is 7.64. The lowest BCUT2D eigenvalue weighted by Crippen LogP contribution is -2.45. The number of likely N-dealkylation sites (N-methyl/N-ethyl adjacent to an activating group) is 1. The number of nitrogens with zero attached hydrogens (tertiary/aromatic N) is 2. The average molecular weight is 312 g/mol.